The van der Waals surface area contributed by atoms with Gasteiger partial charge in [-0.2, -0.15) is 0 Å². The molecule has 1 atom stereocenters. The number of rotatable bonds is 11. The summed E-state index contributed by atoms with van der Waals surface area (Å²) in [4.78, 5) is 23.2. The zero-order valence-electron chi connectivity index (χ0n) is 15.1. The first kappa shape index (κ1) is 20.9. The van der Waals surface area contributed by atoms with Crippen LogP contribution in [0.5, 0.6) is 0 Å². The molecule has 0 fully saturated rings. The van der Waals surface area contributed by atoms with E-state index >= 15 is 0 Å². The molecule has 0 saturated carbocycles. The summed E-state index contributed by atoms with van der Waals surface area (Å²) in [5.41, 5.74) is 0.121. The van der Waals surface area contributed by atoms with Crippen molar-refractivity contribution in [2.45, 2.75) is 92.1 Å². The zero-order chi connectivity index (χ0) is 17.0. The molecule has 0 bridgehead atoms. The van der Waals surface area contributed by atoms with Gasteiger partial charge in [-0.15, -0.1) is 0 Å². The number of ether oxygens (including phenoxy) is 2. The second-order valence-corrected chi connectivity index (χ2v) is 7.20. The monoisotopic (exact) mass is 314 g/mol. The highest BCUT2D eigenvalue weighted by atomic mass is 16.5. The molecule has 4 heteroatoms. The fourth-order valence-electron chi connectivity index (χ4n) is 2.36. The molecule has 0 saturated heterocycles. The number of esters is 2. The second kappa shape index (κ2) is 11.5. The molecule has 0 aliphatic rings. The minimum Gasteiger partial charge on any atom is -0.466 e. The fraction of sp³-hybridized carbons (Fsp3) is 0.889. The molecule has 22 heavy (non-hydrogen) atoms. The Labute approximate surface area is 135 Å². The first-order chi connectivity index (χ1) is 10.2. The molecular formula is C18H34O4. The molecule has 0 N–H and O–H groups in total. The number of hydrogen-bond donors (Lipinski definition) is 0. The van der Waals surface area contributed by atoms with Gasteiger partial charge in [-0.25, -0.2) is 0 Å². The number of carbonyl (C=O) groups is 2. The minimum atomic E-state index is -0.323. The third-order valence-electron chi connectivity index (χ3n) is 3.28. The molecule has 4 nitrogen and oxygen atoms in total. The van der Waals surface area contributed by atoms with Crippen molar-refractivity contribution in [2.75, 3.05) is 6.61 Å². The summed E-state index contributed by atoms with van der Waals surface area (Å²) in [5.74, 6) is -0.632. The third-order valence-corrected chi connectivity index (χ3v) is 3.28. The van der Waals surface area contributed by atoms with Gasteiger partial charge in [0.05, 0.1) is 25.6 Å². The molecule has 0 spiro atoms. The summed E-state index contributed by atoms with van der Waals surface area (Å²) < 4.78 is 10.4. The van der Waals surface area contributed by atoms with Crippen molar-refractivity contribution in [3.05, 3.63) is 0 Å². The molecule has 0 radical (unpaired) electrons. The molecule has 0 aromatic rings. The van der Waals surface area contributed by atoms with Crippen LogP contribution in [0.1, 0.15) is 86.0 Å². The van der Waals surface area contributed by atoms with Gasteiger partial charge >= 0.3 is 11.9 Å². The van der Waals surface area contributed by atoms with Crippen LogP contribution in [-0.4, -0.2) is 24.6 Å². The van der Waals surface area contributed by atoms with Gasteiger partial charge in [0.1, 0.15) is 0 Å². The zero-order valence-corrected chi connectivity index (χ0v) is 15.1. The average molecular weight is 314 g/mol. The first-order valence-electron chi connectivity index (χ1n) is 8.59. The van der Waals surface area contributed by atoms with Crippen LogP contribution < -0.4 is 0 Å². The minimum absolute atomic E-state index is 0.100. The van der Waals surface area contributed by atoms with Crippen LogP contribution in [0.4, 0.5) is 0 Å². The van der Waals surface area contributed by atoms with Crippen molar-refractivity contribution in [2.24, 2.45) is 5.41 Å². The lowest BCUT2D eigenvalue weighted by Gasteiger charge is -2.23. The predicted molar refractivity (Wildman–Crippen MR) is 88.6 cm³/mol. The van der Waals surface area contributed by atoms with E-state index in [1.54, 1.807) is 0 Å². The molecule has 0 rings (SSSR count). The van der Waals surface area contributed by atoms with E-state index in [4.69, 9.17) is 9.47 Å². The summed E-state index contributed by atoms with van der Waals surface area (Å²) in [5, 5.41) is 0. The third kappa shape index (κ3) is 13.9. The fourth-order valence-corrected chi connectivity index (χ4v) is 2.36. The molecule has 0 aromatic carbocycles. The lowest BCUT2D eigenvalue weighted by atomic mass is 9.90. The lowest BCUT2D eigenvalue weighted by molar-refractivity contribution is -0.154. The molecule has 1 unspecified atom stereocenters. The highest BCUT2D eigenvalue weighted by Crippen LogP contribution is 2.22. The Morgan fingerprint density at radius 3 is 2.14 bits per heavy atom. The van der Waals surface area contributed by atoms with Crippen molar-refractivity contribution < 1.29 is 19.1 Å². The predicted octanol–water partition coefficient (Wildman–Crippen LogP) is 4.65. The van der Waals surface area contributed by atoms with Crippen LogP contribution in [0, 0.1) is 5.41 Å². The van der Waals surface area contributed by atoms with Crippen LogP contribution in [0.25, 0.3) is 0 Å². The Hall–Kier alpha value is -1.06. The maximum absolute atomic E-state index is 11.7. The smallest absolute Gasteiger partial charge is 0.306 e. The van der Waals surface area contributed by atoms with Crippen LogP contribution in [-0.2, 0) is 19.1 Å². The highest BCUT2D eigenvalue weighted by molar-refractivity contribution is 5.77. The average Bonchev–Trinajstić information content (AvgIpc) is 2.38. The SMILES string of the molecule is CCCCCCCOC(=O)CCC(=O)OC(C)CC(C)(C)C. The summed E-state index contributed by atoms with van der Waals surface area (Å²) >= 11 is 0. The number of hydrogen-bond acceptors (Lipinski definition) is 4. The largest absolute Gasteiger partial charge is 0.466 e. The maximum Gasteiger partial charge on any atom is 0.306 e. The Balaban J connectivity index is 3.66. The maximum atomic E-state index is 11.7. The summed E-state index contributed by atoms with van der Waals surface area (Å²) in [7, 11) is 0. The van der Waals surface area contributed by atoms with Gasteiger partial charge in [-0.1, -0.05) is 53.4 Å². The van der Waals surface area contributed by atoms with E-state index in [0.29, 0.717) is 6.61 Å². The molecule has 0 aliphatic heterocycles. The highest BCUT2D eigenvalue weighted by Gasteiger charge is 2.18. The molecule has 0 aliphatic carbocycles. The van der Waals surface area contributed by atoms with E-state index in [-0.39, 0.29) is 36.3 Å². The van der Waals surface area contributed by atoms with Crippen LogP contribution in [0.15, 0.2) is 0 Å². The van der Waals surface area contributed by atoms with E-state index in [1.165, 1.54) is 19.3 Å². The Kier molecular flexibility index (Phi) is 10.9. The van der Waals surface area contributed by atoms with Gasteiger partial charge in [0.15, 0.2) is 0 Å². The van der Waals surface area contributed by atoms with Crippen LogP contribution in [0.2, 0.25) is 0 Å². The van der Waals surface area contributed by atoms with Gasteiger partial charge in [0, 0.05) is 0 Å². The standard InChI is InChI=1S/C18H34O4/c1-6-7-8-9-10-13-21-16(19)11-12-17(20)22-15(2)14-18(3,4)5/h15H,6-14H2,1-5H3. The van der Waals surface area contributed by atoms with Gasteiger partial charge < -0.3 is 9.47 Å². The number of carbonyl (C=O) groups excluding carboxylic acids is 2. The van der Waals surface area contributed by atoms with Crippen LogP contribution in [0.3, 0.4) is 0 Å². The van der Waals surface area contributed by atoms with E-state index in [2.05, 4.69) is 27.7 Å². The molecule has 0 aromatic heterocycles. The summed E-state index contributed by atoms with van der Waals surface area (Å²) in [6.45, 7) is 10.8. The summed E-state index contributed by atoms with van der Waals surface area (Å²) in [6.07, 6.45) is 6.50. The summed E-state index contributed by atoms with van der Waals surface area (Å²) in [6, 6.07) is 0. The molecular weight excluding hydrogens is 280 g/mol. The Bertz CT molecular complexity index is 318. The molecule has 130 valence electrons. The molecule has 0 heterocycles. The van der Waals surface area contributed by atoms with Gasteiger partial charge in [-0.05, 0) is 25.2 Å². The van der Waals surface area contributed by atoms with Crippen molar-refractivity contribution in [1.82, 2.24) is 0 Å². The Morgan fingerprint density at radius 1 is 0.955 bits per heavy atom. The van der Waals surface area contributed by atoms with Gasteiger partial charge in [0.2, 0.25) is 0 Å². The van der Waals surface area contributed by atoms with Crippen molar-refractivity contribution in [3.8, 4) is 0 Å². The van der Waals surface area contributed by atoms with Crippen LogP contribution >= 0.6 is 0 Å². The van der Waals surface area contributed by atoms with Crippen molar-refractivity contribution in [1.29, 1.82) is 0 Å². The van der Waals surface area contributed by atoms with Crippen molar-refractivity contribution >= 4 is 11.9 Å². The quantitative estimate of drug-likeness (QED) is 0.411. The number of unbranched alkanes of at least 4 members (excludes halogenated alkanes) is 4. The molecule has 0 amide bonds. The van der Waals surface area contributed by atoms with Crippen molar-refractivity contribution in [3.63, 3.8) is 0 Å². The topological polar surface area (TPSA) is 52.6 Å². The van der Waals surface area contributed by atoms with E-state index in [0.717, 1.165) is 19.3 Å². The van der Waals surface area contributed by atoms with E-state index < -0.39 is 0 Å². The van der Waals surface area contributed by atoms with E-state index in [9.17, 15) is 9.59 Å². The van der Waals surface area contributed by atoms with E-state index in [1.807, 2.05) is 6.92 Å². The second-order valence-electron chi connectivity index (χ2n) is 7.20. The Morgan fingerprint density at radius 2 is 1.55 bits per heavy atom. The lowest BCUT2D eigenvalue weighted by Crippen LogP contribution is -2.21. The first-order valence-corrected chi connectivity index (χ1v) is 8.59. The normalized spacial score (nSPS) is 12.8. The van der Waals surface area contributed by atoms with Gasteiger partial charge in [-0.3, -0.25) is 9.59 Å². The van der Waals surface area contributed by atoms with Gasteiger partial charge in [0.25, 0.3) is 0 Å².